The van der Waals surface area contributed by atoms with Crippen LogP contribution in [-0.4, -0.2) is 18.0 Å². The van der Waals surface area contributed by atoms with E-state index in [0.717, 1.165) is 15.7 Å². The monoisotopic (exact) mass is 240 g/mol. The van der Waals surface area contributed by atoms with E-state index in [4.69, 9.17) is 0 Å². The quantitative estimate of drug-likeness (QED) is 0.743. The molecule has 13 heavy (non-hydrogen) atoms. The van der Waals surface area contributed by atoms with Gasteiger partial charge < -0.3 is 10.2 Å². The Labute approximate surface area is 84.9 Å². The lowest BCUT2D eigenvalue weighted by molar-refractivity contribution is 0.218. The van der Waals surface area contributed by atoms with Crippen molar-refractivity contribution in [2.24, 2.45) is 0 Å². The molecule has 0 atom stereocenters. The molecule has 0 aromatic heterocycles. The highest BCUT2D eigenvalue weighted by Crippen LogP contribution is 2.30. The first-order valence-electron chi connectivity index (χ1n) is 3.98. The Morgan fingerprint density at radius 3 is 3.08 bits per heavy atom. The number of carbonyl (C=O) groups excluding carboxylic acids is 1. The van der Waals surface area contributed by atoms with Crippen molar-refractivity contribution in [3.63, 3.8) is 0 Å². The fourth-order valence-electron chi connectivity index (χ4n) is 1.37. The minimum Gasteiger partial charge on any atom is -0.323 e. The molecule has 1 aliphatic heterocycles. The van der Waals surface area contributed by atoms with Crippen LogP contribution in [0.2, 0.25) is 0 Å². The second-order valence-corrected chi connectivity index (χ2v) is 3.91. The fraction of sp³-hybridized carbons (Fsp3) is 0.222. The molecule has 4 heteroatoms. The van der Waals surface area contributed by atoms with Gasteiger partial charge in [0.25, 0.3) is 0 Å². The molecule has 1 heterocycles. The number of carbonyl (C=O) groups is 1. The van der Waals surface area contributed by atoms with Crippen LogP contribution in [0.3, 0.4) is 0 Å². The van der Waals surface area contributed by atoms with Gasteiger partial charge in [-0.15, -0.1) is 0 Å². The third-order valence-corrected chi connectivity index (χ3v) is 2.75. The molecule has 0 spiro atoms. The van der Waals surface area contributed by atoms with Crippen molar-refractivity contribution in [3.05, 3.63) is 28.2 Å². The number of nitrogens with zero attached hydrogens (tertiary/aromatic N) is 1. The second-order valence-electron chi connectivity index (χ2n) is 3.06. The summed E-state index contributed by atoms with van der Waals surface area (Å²) in [6.07, 6.45) is 0. The molecule has 0 unspecified atom stereocenters. The summed E-state index contributed by atoms with van der Waals surface area (Å²) in [5, 5.41) is 2.82. The molecule has 0 saturated carbocycles. The van der Waals surface area contributed by atoms with E-state index in [1.165, 1.54) is 0 Å². The van der Waals surface area contributed by atoms with E-state index in [9.17, 15) is 4.79 Å². The van der Waals surface area contributed by atoms with E-state index in [1.54, 1.807) is 11.9 Å². The lowest BCUT2D eigenvalue weighted by Crippen LogP contribution is -2.35. The highest BCUT2D eigenvalue weighted by Gasteiger charge is 2.20. The first-order chi connectivity index (χ1) is 6.18. The molecule has 1 aliphatic rings. The van der Waals surface area contributed by atoms with Gasteiger partial charge in [-0.05, 0) is 27.6 Å². The number of amides is 2. The van der Waals surface area contributed by atoms with Gasteiger partial charge in [0, 0.05) is 18.1 Å². The minimum atomic E-state index is -0.0561. The largest absolute Gasteiger partial charge is 0.323 e. The smallest absolute Gasteiger partial charge is 0.321 e. The molecule has 2 amide bonds. The van der Waals surface area contributed by atoms with Crippen LogP contribution in [0.15, 0.2) is 22.7 Å². The number of urea groups is 1. The molecule has 0 radical (unpaired) electrons. The van der Waals surface area contributed by atoms with Crippen LogP contribution < -0.4 is 5.32 Å². The molecule has 0 saturated heterocycles. The van der Waals surface area contributed by atoms with Gasteiger partial charge >= 0.3 is 6.03 Å². The maximum absolute atomic E-state index is 11.3. The Bertz CT molecular complexity index is 365. The predicted molar refractivity (Wildman–Crippen MR) is 54.6 cm³/mol. The van der Waals surface area contributed by atoms with E-state index in [1.807, 2.05) is 18.2 Å². The fourth-order valence-corrected chi connectivity index (χ4v) is 1.88. The standard InChI is InChI=1S/C9H9BrN2O/c1-12-5-6-3-2-4-7(10)8(6)11-9(12)13/h2-4H,5H2,1H3,(H,11,13). The molecule has 1 N–H and O–H groups in total. The predicted octanol–water partition coefficient (Wildman–Crippen LogP) is 2.43. The Morgan fingerprint density at radius 2 is 2.31 bits per heavy atom. The maximum atomic E-state index is 11.3. The summed E-state index contributed by atoms with van der Waals surface area (Å²) in [6, 6.07) is 5.84. The summed E-state index contributed by atoms with van der Waals surface area (Å²) in [6.45, 7) is 0.667. The number of para-hydroxylation sites is 1. The molecule has 68 valence electrons. The number of anilines is 1. The van der Waals surface area contributed by atoms with E-state index in [2.05, 4.69) is 21.2 Å². The molecule has 2 rings (SSSR count). The third kappa shape index (κ3) is 1.42. The Hall–Kier alpha value is -1.03. The second kappa shape index (κ2) is 3.03. The van der Waals surface area contributed by atoms with Gasteiger partial charge in [-0.1, -0.05) is 12.1 Å². The van der Waals surface area contributed by atoms with Crippen molar-refractivity contribution in [1.82, 2.24) is 4.90 Å². The summed E-state index contributed by atoms with van der Waals surface area (Å²) in [4.78, 5) is 13.0. The first kappa shape index (κ1) is 8.56. The zero-order valence-electron chi connectivity index (χ0n) is 7.17. The average Bonchev–Trinajstić information content (AvgIpc) is 2.09. The Morgan fingerprint density at radius 1 is 1.54 bits per heavy atom. The zero-order chi connectivity index (χ0) is 9.42. The van der Waals surface area contributed by atoms with Crippen LogP contribution >= 0.6 is 15.9 Å². The first-order valence-corrected chi connectivity index (χ1v) is 4.77. The van der Waals surface area contributed by atoms with Gasteiger partial charge in [0.2, 0.25) is 0 Å². The van der Waals surface area contributed by atoms with Crippen LogP contribution in [0, 0.1) is 0 Å². The van der Waals surface area contributed by atoms with Crippen molar-refractivity contribution in [2.45, 2.75) is 6.54 Å². The molecular formula is C9H9BrN2O. The maximum Gasteiger partial charge on any atom is 0.321 e. The summed E-state index contributed by atoms with van der Waals surface area (Å²) in [5.41, 5.74) is 2.03. The van der Waals surface area contributed by atoms with Crippen LogP contribution in [0.1, 0.15) is 5.56 Å². The van der Waals surface area contributed by atoms with Crippen molar-refractivity contribution in [2.75, 3.05) is 12.4 Å². The molecule has 0 bridgehead atoms. The number of benzene rings is 1. The number of fused-ring (bicyclic) bond motifs is 1. The summed E-state index contributed by atoms with van der Waals surface area (Å²) < 4.78 is 0.937. The van der Waals surface area contributed by atoms with Gasteiger partial charge in [-0.3, -0.25) is 0 Å². The molecule has 0 fully saturated rings. The summed E-state index contributed by atoms with van der Waals surface area (Å²) >= 11 is 3.40. The number of halogens is 1. The lowest BCUT2D eigenvalue weighted by atomic mass is 10.1. The van der Waals surface area contributed by atoms with Gasteiger partial charge in [0.15, 0.2) is 0 Å². The van der Waals surface area contributed by atoms with E-state index >= 15 is 0 Å². The minimum absolute atomic E-state index is 0.0561. The van der Waals surface area contributed by atoms with Crippen molar-refractivity contribution in [1.29, 1.82) is 0 Å². The van der Waals surface area contributed by atoms with Gasteiger partial charge in [0.05, 0.1) is 5.69 Å². The van der Waals surface area contributed by atoms with Crippen LogP contribution in [0.25, 0.3) is 0 Å². The number of hydrogen-bond donors (Lipinski definition) is 1. The molecule has 0 aliphatic carbocycles. The normalized spacial score (nSPS) is 15.2. The van der Waals surface area contributed by atoms with Crippen molar-refractivity contribution < 1.29 is 4.79 Å². The highest BCUT2D eigenvalue weighted by molar-refractivity contribution is 9.10. The SMILES string of the molecule is CN1Cc2cccc(Br)c2NC1=O. The van der Waals surface area contributed by atoms with E-state index < -0.39 is 0 Å². The van der Waals surface area contributed by atoms with Crippen molar-refractivity contribution in [3.8, 4) is 0 Å². The third-order valence-electron chi connectivity index (χ3n) is 2.09. The lowest BCUT2D eigenvalue weighted by Gasteiger charge is -2.26. The summed E-state index contributed by atoms with van der Waals surface area (Å²) in [5.74, 6) is 0. The molecular weight excluding hydrogens is 232 g/mol. The number of nitrogens with one attached hydrogen (secondary N) is 1. The molecule has 3 nitrogen and oxygen atoms in total. The topological polar surface area (TPSA) is 32.3 Å². The molecule has 1 aromatic rings. The van der Waals surface area contributed by atoms with Crippen LogP contribution in [0.4, 0.5) is 10.5 Å². The van der Waals surface area contributed by atoms with E-state index in [0.29, 0.717) is 6.54 Å². The Balaban J connectivity index is 2.48. The van der Waals surface area contributed by atoms with E-state index in [-0.39, 0.29) is 6.03 Å². The van der Waals surface area contributed by atoms with Crippen LogP contribution in [0.5, 0.6) is 0 Å². The van der Waals surface area contributed by atoms with Crippen LogP contribution in [-0.2, 0) is 6.54 Å². The zero-order valence-corrected chi connectivity index (χ0v) is 8.76. The highest BCUT2D eigenvalue weighted by atomic mass is 79.9. The van der Waals surface area contributed by atoms with Gasteiger partial charge in [-0.25, -0.2) is 4.79 Å². The summed E-state index contributed by atoms with van der Waals surface area (Å²) in [7, 11) is 1.78. The van der Waals surface area contributed by atoms with Gasteiger partial charge in [-0.2, -0.15) is 0 Å². The number of hydrogen-bond acceptors (Lipinski definition) is 1. The van der Waals surface area contributed by atoms with Crippen molar-refractivity contribution >= 4 is 27.6 Å². The number of rotatable bonds is 0. The Kier molecular flexibility index (Phi) is 2.00. The average molecular weight is 241 g/mol. The molecule has 1 aromatic carbocycles. The van der Waals surface area contributed by atoms with Gasteiger partial charge in [0.1, 0.15) is 0 Å².